The molecule has 0 bridgehead atoms. The molecule has 3 aromatic rings. The summed E-state index contributed by atoms with van der Waals surface area (Å²) in [6, 6.07) is 17.1. The molecule has 0 radical (unpaired) electrons. The molecule has 0 spiro atoms. The third-order valence-corrected chi connectivity index (χ3v) is 4.07. The van der Waals surface area contributed by atoms with Crippen LogP contribution in [0.1, 0.15) is 26.2 Å². The summed E-state index contributed by atoms with van der Waals surface area (Å²) in [5, 5.41) is 12.3. The van der Waals surface area contributed by atoms with Crippen LogP contribution in [0.2, 0.25) is 0 Å². The molecule has 1 N–H and O–H groups in total. The van der Waals surface area contributed by atoms with Crippen molar-refractivity contribution >= 4 is 21.8 Å². The molecule has 0 aliphatic carbocycles. The van der Waals surface area contributed by atoms with Crippen LogP contribution in [0.3, 0.4) is 0 Å². The predicted octanol–water partition coefficient (Wildman–Crippen LogP) is 4.35. The van der Waals surface area contributed by atoms with E-state index in [1.54, 1.807) is 0 Å². The van der Waals surface area contributed by atoms with Crippen molar-refractivity contribution in [3.8, 4) is 0 Å². The maximum absolute atomic E-state index is 9.70. The first-order valence-electron chi connectivity index (χ1n) is 7.45. The van der Waals surface area contributed by atoms with Crippen LogP contribution >= 0.6 is 0 Å². The van der Waals surface area contributed by atoms with Crippen LogP contribution in [-0.4, -0.2) is 15.8 Å². The van der Waals surface area contributed by atoms with Crippen molar-refractivity contribution < 1.29 is 5.11 Å². The van der Waals surface area contributed by atoms with E-state index in [-0.39, 0.29) is 6.10 Å². The van der Waals surface area contributed by atoms with Crippen LogP contribution in [0.25, 0.3) is 21.8 Å². The lowest BCUT2D eigenvalue weighted by Gasteiger charge is -2.10. The Kier molecular flexibility index (Phi) is 3.75. The van der Waals surface area contributed by atoms with E-state index in [0.29, 0.717) is 0 Å². The van der Waals surface area contributed by atoms with E-state index < -0.39 is 0 Å². The van der Waals surface area contributed by atoms with Crippen molar-refractivity contribution in [1.29, 1.82) is 0 Å². The van der Waals surface area contributed by atoms with Gasteiger partial charge in [0, 0.05) is 28.4 Å². The first-order chi connectivity index (χ1) is 9.81. The third kappa shape index (κ3) is 2.32. The SMILES string of the molecule is CCC(O)CCCn1c2ccccc2c2ccccc21. The summed E-state index contributed by atoms with van der Waals surface area (Å²) in [7, 11) is 0. The number of hydrogen-bond acceptors (Lipinski definition) is 1. The molecule has 0 aliphatic rings. The molecule has 2 nitrogen and oxygen atoms in total. The largest absolute Gasteiger partial charge is 0.393 e. The number of fused-ring (bicyclic) bond motifs is 3. The smallest absolute Gasteiger partial charge is 0.0538 e. The maximum atomic E-state index is 9.70. The van der Waals surface area contributed by atoms with Gasteiger partial charge >= 0.3 is 0 Å². The van der Waals surface area contributed by atoms with Gasteiger partial charge in [0.2, 0.25) is 0 Å². The number of aromatic nitrogens is 1. The van der Waals surface area contributed by atoms with E-state index in [1.165, 1.54) is 21.8 Å². The van der Waals surface area contributed by atoms with Crippen molar-refractivity contribution in [2.45, 2.75) is 38.8 Å². The molecule has 0 amide bonds. The number of para-hydroxylation sites is 2. The van der Waals surface area contributed by atoms with Gasteiger partial charge in [-0.3, -0.25) is 0 Å². The highest BCUT2D eigenvalue weighted by molar-refractivity contribution is 6.07. The molecule has 104 valence electrons. The summed E-state index contributed by atoms with van der Waals surface area (Å²) in [6.07, 6.45) is 2.56. The Morgan fingerprint density at radius 2 is 1.50 bits per heavy atom. The minimum atomic E-state index is -0.164. The standard InChI is InChI=1S/C18H21NO/c1-2-14(20)8-7-13-19-17-11-5-3-9-15(17)16-10-4-6-12-18(16)19/h3-6,9-12,14,20H,2,7-8,13H2,1H3. The molecule has 0 saturated carbocycles. The molecule has 1 aromatic heterocycles. The normalized spacial score (nSPS) is 13.1. The molecule has 1 unspecified atom stereocenters. The second kappa shape index (κ2) is 5.68. The molecule has 2 heteroatoms. The van der Waals surface area contributed by atoms with Gasteiger partial charge in [-0.15, -0.1) is 0 Å². The first-order valence-corrected chi connectivity index (χ1v) is 7.45. The number of aliphatic hydroxyl groups excluding tert-OH is 1. The van der Waals surface area contributed by atoms with E-state index in [4.69, 9.17) is 0 Å². The molecule has 0 fully saturated rings. The second-order valence-corrected chi connectivity index (χ2v) is 5.39. The summed E-state index contributed by atoms with van der Waals surface area (Å²) in [5.74, 6) is 0. The fourth-order valence-electron chi connectivity index (χ4n) is 2.93. The van der Waals surface area contributed by atoms with E-state index in [0.717, 1.165) is 25.8 Å². The van der Waals surface area contributed by atoms with Gasteiger partial charge in [-0.25, -0.2) is 0 Å². The van der Waals surface area contributed by atoms with Gasteiger partial charge in [-0.05, 0) is 31.4 Å². The van der Waals surface area contributed by atoms with Gasteiger partial charge in [-0.1, -0.05) is 43.3 Å². The van der Waals surface area contributed by atoms with Crippen LogP contribution in [0, 0.1) is 0 Å². The Labute approximate surface area is 119 Å². The predicted molar refractivity (Wildman–Crippen MR) is 85.0 cm³/mol. The number of hydrogen-bond donors (Lipinski definition) is 1. The fourth-order valence-corrected chi connectivity index (χ4v) is 2.93. The Morgan fingerprint density at radius 3 is 2.05 bits per heavy atom. The van der Waals surface area contributed by atoms with Crippen LogP contribution in [0.15, 0.2) is 48.5 Å². The highest BCUT2D eigenvalue weighted by atomic mass is 16.3. The molecule has 1 atom stereocenters. The summed E-state index contributed by atoms with van der Waals surface area (Å²) in [4.78, 5) is 0. The number of rotatable bonds is 5. The van der Waals surface area contributed by atoms with Crippen molar-refractivity contribution in [3.63, 3.8) is 0 Å². The second-order valence-electron chi connectivity index (χ2n) is 5.39. The van der Waals surface area contributed by atoms with E-state index in [2.05, 4.69) is 53.1 Å². The van der Waals surface area contributed by atoms with Crippen LogP contribution < -0.4 is 0 Å². The highest BCUT2D eigenvalue weighted by Crippen LogP contribution is 2.29. The Morgan fingerprint density at radius 1 is 0.950 bits per heavy atom. The Balaban J connectivity index is 1.99. The highest BCUT2D eigenvalue weighted by Gasteiger charge is 2.09. The summed E-state index contributed by atoms with van der Waals surface area (Å²) in [6.45, 7) is 3.00. The summed E-state index contributed by atoms with van der Waals surface area (Å²) >= 11 is 0. The number of benzene rings is 2. The fraction of sp³-hybridized carbons (Fsp3) is 0.333. The Bertz CT molecular complexity index is 660. The van der Waals surface area contributed by atoms with Crippen LogP contribution in [0.5, 0.6) is 0 Å². The van der Waals surface area contributed by atoms with Gasteiger partial charge in [0.25, 0.3) is 0 Å². The first kappa shape index (κ1) is 13.2. The average molecular weight is 267 g/mol. The van der Waals surface area contributed by atoms with Crippen LogP contribution in [0.4, 0.5) is 0 Å². The molecule has 0 saturated heterocycles. The third-order valence-electron chi connectivity index (χ3n) is 4.07. The molecular weight excluding hydrogens is 246 g/mol. The summed E-state index contributed by atoms with van der Waals surface area (Å²) in [5.41, 5.74) is 2.58. The zero-order valence-corrected chi connectivity index (χ0v) is 11.9. The van der Waals surface area contributed by atoms with Crippen molar-refractivity contribution in [2.75, 3.05) is 0 Å². The minimum Gasteiger partial charge on any atom is -0.393 e. The van der Waals surface area contributed by atoms with E-state index >= 15 is 0 Å². The topological polar surface area (TPSA) is 25.2 Å². The lowest BCUT2D eigenvalue weighted by molar-refractivity contribution is 0.156. The molecule has 0 aliphatic heterocycles. The van der Waals surface area contributed by atoms with Crippen molar-refractivity contribution in [1.82, 2.24) is 4.57 Å². The number of aryl methyl sites for hydroxylation is 1. The average Bonchev–Trinajstić information content (AvgIpc) is 2.82. The van der Waals surface area contributed by atoms with Gasteiger partial charge in [0.15, 0.2) is 0 Å². The Hall–Kier alpha value is -1.80. The summed E-state index contributed by atoms with van der Waals surface area (Å²) < 4.78 is 2.38. The molecule has 1 heterocycles. The molecule has 2 aromatic carbocycles. The lowest BCUT2D eigenvalue weighted by Crippen LogP contribution is -2.06. The van der Waals surface area contributed by atoms with Crippen molar-refractivity contribution in [2.24, 2.45) is 0 Å². The molecule has 20 heavy (non-hydrogen) atoms. The lowest BCUT2D eigenvalue weighted by atomic mass is 10.1. The zero-order chi connectivity index (χ0) is 13.9. The maximum Gasteiger partial charge on any atom is 0.0538 e. The van der Waals surface area contributed by atoms with Gasteiger partial charge in [0.1, 0.15) is 0 Å². The zero-order valence-electron chi connectivity index (χ0n) is 11.9. The number of nitrogens with zero attached hydrogens (tertiary/aromatic N) is 1. The van der Waals surface area contributed by atoms with E-state index in [1.807, 2.05) is 6.92 Å². The van der Waals surface area contributed by atoms with Gasteiger partial charge in [0.05, 0.1) is 6.10 Å². The van der Waals surface area contributed by atoms with Crippen LogP contribution in [-0.2, 0) is 6.54 Å². The van der Waals surface area contributed by atoms with Gasteiger partial charge in [-0.2, -0.15) is 0 Å². The monoisotopic (exact) mass is 267 g/mol. The van der Waals surface area contributed by atoms with E-state index in [9.17, 15) is 5.11 Å². The van der Waals surface area contributed by atoms with Crippen molar-refractivity contribution in [3.05, 3.63) is 48.5 Å². The quantitative estimate of drug-likeness (QED) is 0.730. The number of aliphatic hydroxyl groups is 1. The van der Waals surface area contributed by atoms with Gasteiger partial charge < -0.3 is 9.67 Å². The molecular formula is C18H21NO. The minimum absolute atomic E-state index is 0.164. The molecule has 3 rings (SSSR count).